The third kappa shape index (κ3) is 2.80. The molecule has 82 valence electrons. The van der Waals surface area contributed by atoms with E-state index in [1.54, 1.807) is 0 Å². The van der Waals surface area contributed by atoms with Crippen LogP contribution in [0, 0.1) is 0 Å². The molecule has 1 aliphatic heterocycles. The summed E-state index contributed by atoms with van der Waals surface area (Å²) in [5, 5.41) is 0. The van der Waals surface area contributed by atoms with Crippen molar-refractivity contribution in [3.05, 3.63) is 35.4 Å². The zero-order valence-electron chi connectivity index (χ0n) is 9.11. The van der Waals surface area contributed by atoms with Crippen LogP contribution in [0.3, 0.4) is 0 Å². The van der Waals surface area contributed by atoms with Gasteiger partial charge in [0.1, 0.15) is 0 Å². The Morgan fingerprint density at radius 1 is 1.27 bits per heavy atom. The highest BCUT2D eigenvalue weighted by atomic mass is 16.5. The van der Waals surface area contributed by atoms with Crippen molar-refractivity contribution in [1.82, 2.24) is 0 Å². The molecule has 1 aromatic carbocycles. The van der Waals surface area contributed by atoms with E-state index in [-0.39, 0.29) is 0 Å². The van der Waals surface area contributed by atoms with Gasteiger partial charge in [0.25, 0.3) is 0 Å². The molecule has 0 amide bonds. The van der Waals surface area contributed by atoms with Crippen LogP contribution in [0.5, 0.6) is 0 Å². The first-order valence-electron chi connectivity index (χ1n) is 5.77. The molecule has 1 heterocycles. The van der Waals surface area contributed by atoms with Gasteiger partial charge in [-0.15, -0.1) is 0 Å². The molecule has 0 saturated carbocycles. The summed E-state index contributed by atoms with van der Waals surface area (Å²) in [6.45, 7) is 2.55. The number of hydrogen-bond acceptors (Lipinski definition) is 2. The van der Waals surface area contributed by atoms with Gasteiger partial charge in [0.15, 0.2) is 0 Å². The van der Waals surface area contributed by atoms with Crippen molar-refractivity contribution in [2.75, 3.05) is 19.8 Å². The van der Waals surface area contributed by atoms with Crippen LogP contribution in [-0.2, 0) is 11.2 Å². The van der Waals surface area contributed by atoms with E-state index in [9.17, 15) is 0 Å². The van der Waals surface area contributed by atoms with Gasteiger partial charge in [0.05, 0.1) is 0 Å². The van der Waals surface area contributed by atoms with Gasteiger partial charge in [-0.05, 0) is 42.9 Å². The third-order valence-corrected chi connectivity index (χ3v) is 3.08. The molecule has 2 N–H and O–H groups in total. The minimum Gasteiger partial charge on any atom is -0.381 e. The zero-order chi connectivity index (χ0) is 10.5. The molecule has 0 spiro atoms. The predicted molar refractivity (Wildman–Crippen MR) is 62.0 cm³/mol. The highest BCUT2D eigenvalue weighted by Crippen LogP contribution is 2.27. The molecule has 1 aliphatic rings. The molecule has 2 heteroatoms. The molecule has 0 aromatic heterocycles. The molecule has 2 rings (SSSR count). The van der Waals surface area contributed by atoms with Crippen LogP contribution in [0.1, 0.15) is 29.9 Å². The molecule has 1 saturated heterocycles. The number of nitrogens with two attached hydrogens (primary N) is 1. The highest BCUT2D eigenvalue weighted by Gasteiger charge is 2.15. The topological polar surface area (TPSA) is 35.2 Å². The molecule has 1 aromatic rings. The van der Waals surface area contributed by atoms with Crippen molar-refractivity contribution in [2.24, 2.45) is 5.73 Å². The first-order chi connectivity index (χ1) is 7.40. The smallest absolute Gasteiger partial charge is 0.0471 e. The Hall–Kier alpha value is -0.860. The summed E-state index contributed by atoms with van der Waals surface area (Å²) in [4.78, 5) is 0. The first-order valence-corrected chi connectivity index (χ1v) is 5.77. The van der Waals surface area contributed by atoms with Crippen molar-refractivity contribution >= 4 is 0 Å². The quantitative estimate of drug-likeness (QED) is 0.820. The Kier molecular flexibility index (Phi) is 3.75. The minimum atomic E-state index is 0.691. The van der Waals surface area contributed by atoms with E-state index in [1.807, 2.05) is 0 Å². The van der Waals surface area contributed by atoms with Gasteiger partial charge in [-0.25, -0.2) is 0 Å². The van der Waals surface area contributed by atoms with E-state index in [0.717, 1.165) is 39.0 Å². The van der Waals surface area contributed by atoms with Gasteiger partial charge in [0, 0.05) is 13.2 Å². The Morgan fingerprint density at radius 2 is 2.07 bits per heavy atom. The van der Waals surface area contributed by atoms with Crippen molar-refractivity contribution in [2.45, 2.75) is 25.2 Å². The van der Waals surface area contributed by atoms with Crippen LogP contribution >= 0.6 is 0 Å². The van der Waals surface area contributed by atoms with Crippen LogP contribution in [0.25, 0.3) is 0 Å². The zero-order valence-corrected chi connectivity index (χ0v) is 9.11. The lowest BCUT2D eigenvalue weighted by Gasteiger charge is -2.22. The van der Waals surface area contributed by atoms with Gasteiger partial charge in [-0.1, -0.05) is 24.3 Å². The number of hydrogen-bond donors (Lipinski definition) is 1. The van der Waals surface area contributed by atoms with Crippen LogP contribution in [-0.4, -0.2) is 19.8 Å². The predicted octanol–water partition coefficient (Wildman–Crippen LogP) is 2.08. The molecule has 0 radical (unpaired) electrons. The van der Waals surface area contributed by atoms with E-state index in [2.05, 4.69) is 24.3 Å². The molecule has 2 nitrogen and oxygen atoms in total. The average molecular weight is 205 g/mol. The molecular weight excluding hydrogens is 186 g/mol. The Bertz CT molecular complexity index is 305. The maximum atomic E-state index is 5.57. The Labute approximate surface area is 91.4 Å². The van der Waals surface area contributed by atoms with Gasteiger partial charge in [-0.2, -0.15) is 0 Å². The van der Waals surface area contributed by atoms with E-state index >= 15 is 0 Å². The second kappa shape index (κ2) is 5.29. The molecular formula is C13H19NO. The second-order valence-electron chi connectivity index (χ2n) is 4.17. The Balaban J connectivity index is 2.09. The number of rotatable bonds is 3. The van der Waals surface area contributed by atoms with E-state index < -0.39 is 0 Å². The van der Waals surface area contributed by atoms with Crippen LogP contribution in [0.15, 0.2) is 24.3 Å². The largest absolute Gasteiger partial charge is 0.381 e. The maximum Gasteiger partial charge on any atom is 0.0471 e. The summed E-state index contributed by atoms with van der Waals surface area (Å²) < 4.78 is 5.38. The molecule has 0 unspecified atom stereocenters. The van der Waals surface area contributed by atoms with Gasteiger partial charge in [-0.3, -0.25) is 0 Å². The van der Waals surface area contributed by atoms with Crippen molar-refractivity contribution in [1.29, 1.82) is 0 Å². The molecule has 0 atom stereocenters. The van der Waals surface area contributed by atoms with E-state index in [4.69, 9.17) is 10.5 Å². The highest BCUT2D eigenvalue weighted by molar-refractivity contribution is 5.27. The van der Waals surface area contributed by atoms with Crippen molar-refractivity contribution in [3.8, 4) is 0 Å². The normalized spacial score (nSPS) is 17.9. The molecule has 1 fully saturated rings. The van der Waals surface area contributed by atoms with Crippen LogP contribution in [0.2, 0.25) is 0 Å². The SMILES string of the molecule is NCCc1cccc(C2CCOCC2)c1. The second-order valence-corrected chi connectivity index (χ2v) is 4.17. The lowest BCUT2D eigenvalue weighted by Crippen LogP contribution is -2.14. The van der Waals surface area contributed by atoms with Gasteiger partial charge < -0.3 is 10.5 Å². The van der Waals surface area contributed by atoms with Gasteiger partial charge in [0.2, 0.25) is 0 Å². The van der Waals surface area contributed by atoms with E-state index in [0.29, 0.717) is 5.92 Å². The fraction of sp³-hybridized carbons (Fsp3) is 0.538. The lowest BCUT2D eigenvalue weighted by molar-refractivity contribution is 0.0853. The molecule has 0 aliphatic carbocycles. The fourth-order valence-electron chi connectivity index (χ4n) is 2.20. The standard InChI is InChI=1S/C13H19NO/c14-7-4-11-2-1-3-13(10-11)12-5-8-15-9-6-12/h1-3,10,12H,4-9,14H2. The Morgan fingerprint density at radius 3 is 2.80 bits per heavy atom. The van der Waals surface area contributed by atoms with Crippen LogP contribution in [0.4, 0.5) is 0 Å². The van der Waals surface area contributed by atoms with Crippen LogP contribution < -0.4 is 5.73 Å². The molecule has 0 bridgehead atoms. The summed E-state index contributed by atoms with van der Waals surface area (Å²) in [6.07, 6.45) is 3.30. The van der Waals surface area contributed by atoms with Crippen molar-refractivity contribution < 1.29 is 4.74 Å². The summed E-state index contributed by atoms with van der Waals surface area (Å²) in [5.41, 5.74) is 8.39. The first kappa shape index (κ1) is 10.7. The molecule has 15 heavy (non-hydrogen) atoms. The fourth-order valence-corrected chi connectivity index (χ4v) is 2.20. The van der Waals surface area contributed by atoms with Gasteiger partial charge >= 0.3 is 0 Å². The third-order valence-electron chi connectivity index (χ3n) is 3.08. The average Bonchev–Trinajstić information content (AvgIpc) is 2.31. The lowest BCUT2D eigenvalue weighted by atomic mass is 9.90. The monoisotopic (exact) mass is 205 g/mol. The minimum absolute atomic E-state index is 0.691. The number of ether oxygens (including phenoxy) is 1. The number of benzene rings is 1. The van der Waals surface area contributed by atoms with Crippen molar-refractivity contribution in [3.63, 3.8) is 0 Å². The maximum absolute atomic E-state index is 5.57. The summed E-state index contributed by atoms with van der Waals surface area (Å²) in [5.74, 6) is 0.691. The summed E-state index contributed by atoms with van der Waals surface area (Å²) >= 11 is 0. The van der Waals surface area contributed by atoms with E-state index in [1.165, 1.54) is 11.1 Å². The summed E-state index contributed by atoms with van der Waals surface area (Å²) in [7, 11) is 0. The summed E-state index contributed by atoms with van der Waals surface area (Å²) in [6, 6.07) is 8.85.